The van der Waals surface area contributed by atoms with Gasteiger partial charge < -0.3 is 4.74 Å². The lowest BCUT2D eigenvalue weighted by Crippen LogP contribution is -2.13. The Morgan fingerprint density at radius 3 is 2.64 bits per heavy atom. The summed E-state index contributed by atoms with van der Waals surface area (Å²) in [6.07, 6.45) is 1.92. The highest BCUT2D eigenvalue weighted by atomic mass is 127. The summed E-state index contributed by atoms with van der Waals surface area (Å²) in [4.78, 5) is 0. The molecule has 0 aromatic carbocycles. The molecule has 0 fully saturated rings. The fourth-order valence-electron chi connectivity index (χ4n) is 1.55. The Morgan fingerprint density at radius 1 is 1.50 bits per heavy atom. The number of rotatable bonds is 4. The molecule has 3 nitrogen and oxygen atoms in total. The van der Waals surface area contributed by atoms with Gasteiger partial charge in [-0.15, -0.1) is 0 Å². The van der Waals surface area contributed by atoms with Gasteiger partial charge in [0.1, 0.15) is 0 Å². The van der Waals surface area contributed by atoms with Crippen molar-refractivity contribution in [1.82, 2.24) is 9.78 Å². The van der Waals surface area contributed by atoms with Crippen LogP contribution < -0.4 is 0 Å². The molecule has 1 aromatic rings. The molecular weight excluding hydrogens is 291 g/mol. The second-order valence-corrected chi connectivity index (χ2v) is 4.93. The molecule has 1 aromatic heterocycles. The molecule has 0 aliphatic carbocycles. The minimum absolute atomic E-state index is 0.400. The van der Waals surface area contributed by atoms with Crippen LogP contribution in [-0.2, 0) is 4.74 Å². The van der Waals surface area contributed by atoms with E-state index in [9.17, 15) is 0 Å². The molecule has 0 aliphatic heterocycles. The van der Waals surface area contributed by atoms with Gasteiger partial charge in [-0.3, -0.25) is 4.68 Å². The van der Waals surface area contributed by atoms with Crippen LogP contribution >= 0.6 is 22.6 Å². The van der Waals surface area contributed by atoms with Gasteiger partial charge in [0.2, 0.25) is 0 Å². The first-order chi connectivity index (χ1) is 6.57. The van der Waals surface area contributed by atoms with E-state index in [0.717, 1.165) is 6.61 Å². The largest absolute Gasteiger partial charge is 0.384 e. The third-order valence-corrected chi connectivity index (χ3v) is 2.99. The van der Waals surface area contributed by atoms with Gasteiger partial charge in [-0.25, -0.2) is 0 Å². The Kier molecular flexibility index (Phi) is 4.37. The van der Waals surface area contributed by atoms with E-state index in [-0.39, 0.29) is 0 Å². The molecule has 1 unspecified atom stereocenters. The SMILES string of the molecule is COCC(C)c1c(I)cnn1C(C)C. The highest BCUT2D eigenvalue weighted by molar-refractivity contribution is 14.1. The predicted molar refractivity (Wildman–Crippen MR) is 65.6 cm³/mol. The second-order valence-electron chi connectivity index (χ2n) is 3.77. The van der Waals surface area contributed by atoms with Crippen molar-refractivity contribution < 1.29 is 4.74 Å². The molecule has 1 atom stereocenters. The summed E-state index contributed by atoms with van der Waals surface area (Å²) in [5.41, 5.74) is 1.28. The van der Waals surface area contributed by atoms with Crippen LogP contribution in [-0.4, -0.2) is 23.5 Å². The Hall–Kier alpha value is -0.100. The van der Waals surface area contributed by atoms with Crippen LogP contribution in [0, 0.1) is 3.57 Å². The first kappa shape index (κ1) is 12.0. The van der Waals surface area contributed by atoms with E-state index in [4.69, 9.17) is 4.74 Å². The zero-order chi connectivity index (χ0) is 10.7. The molecule has 0 aliphatic rings. The lowest BCUT2D eigenvalue weighted by Gasteiger charge is -2.16. The highest BCUT2D eigenvalue weighted by Gasteiger charge is 2.17. The van der Waals surface area contributed by atoms with E-state index in [0.29, 0.717) is 12.0 Å². The molecule has 0 bridgehead atoms. The number of nitrogens with zero attached hydrogens (tertiary/aromatic N) is 2. The van der Waals surface area contributed by atoms with Gasteiger partial charge in [-0.1, -0.05) is 6.92 Å². The normalized spacial score (nSPS) is 13.6. The molecule has 4 heteroatoms. The molecule has 0 N–H and O–H groups in total. The predicted octanol–water partition coefficient (Wildman–Crippen LogP) is 2.82. The summed E-state index contributed by atoms with van der Waals surface area (Å²) in [5.74, 6) is 0.400. The minimum Gasteiger partial charge on any atom is -0.384 e. The van der Waals surface area contributed by atoms with Gasteiger partial charge in [-0.05, 0) is 36.4 Å². The number of aromatic nitrogens is 2. The summed E-state index contributed by atoms with van der Waals surface area (Å²) in [6, 6.07) is 0.410. The van der Waals surface area contributed by atoms with Gasteiger partial charge in [0.25, 0.3) is 0 Å². The van der Waals surface area contributed by atoms with Crippen molar-refractivity contribution in [2.75, 3.05) is 13.7 Å². The van der Waals surface area contributed by atoms with Gasteiger partial charge in [0.05, 0.1) is 22.1 Å². The van der Waals surface area contributed by atoms with Crippen LogP contribution in [0.4, 0.5) is 0 Å². The summed E-state index contributed by atoms with van der Waals surface area (Å²) in [7, 11) is 1.74. The quantitative estimate of drug-likeness (QED) is 0.800. The third kappa shape index (κ3) is 2.48. The zero-order valence-corrected chi connectivity index (χ0v) is 11.3. The average Bonchev–Trinajstić information content (AvgIpc) is 2.47. The smallest absolute Gasteiger partial charge is 0.0626 e. The van der Waals surface area contributed by atoms with Crippen molar-refractivity contribution in [3.8, 4) is 0 Å². The number of hydrogen-bond acceptors (Lipinski definition) is 2. The molecule has 0 saturated heterocycles. The Morgan fingerprint density at radius 2 is 2.14 bits per heavy atom. The molecule has 0 amide bonds. The van der Waals surface area contributed by atoms with E-state index in [2.05, 4.69) is 53.1 Å². The van der Waals surface area contributed by atoms with Crippen molar-refractivity contribution in [2.24, 2.45) is 0 Å². The average molecular weight is 308 g/mol. The third-order valence-electron chi connectivity index (χ3n) is 2.16. The van der Waals surface area contributed by atoms with Crippen molar-refractivity contribution in [3.05, 3.63) is 15.5 Å². The van der Waals surface area contributed by atoms with Crippen LogP contribution in [0.1, 0.15) is 38.4 Å². The molecule has 80 valence electrons. The standard InChI is InChI=1S/C10H17IN2O/c1-7(2)13-10(8(3)6-14-4)9(11)5-12-13/h5,7-8H,6H2,1-4H3. The van der Waals surface area contributed by atoms with Crippen molar-refractivity contribution >= 4 is 22.6 Å². The fraction of sp³-hybridized carbons (Fsp3) is 0.700. The highest BCUT2D eigenvalue weighted by Crippen LogP contribution is 2.24. The number of ether oxygens (including phenoxy) is 1. The van der Waals surface area contributed by atoms with Gasteiger partial charge >= 0.3 is 0 Å². The molecule has 1 rings (SSSR count). The van der Waals surface area contributed by atoms with Crippen molar-refractivity contribution in [1.29, 1.82) is 0 Å². The number of halogens is 1. The van der Waals surface area contributed by atoms with E-state index < -0.39 is 0 Å². The Balaban J connectivity index is 2.98. The molecule has 0 radical (unpaired) electrons. The summed E-state index contributed by atoms with van der Waals surface area (Å²) < 4.78 is 8.47. The molecule has 0 saturated carbocycles. The van der Waals surface area contributed by atoms with Crippen molar-refractivity contribution in [2.45, 2.75) is 32.7 Å². The zero-order valence-electron chi connectivity index (χ0n) is 9.12. The Bertz CT molecular complexity index is 296. The number of hydrogen-bond donors (Lipinski definition) is 0. The van der Waals surface area contributed by atoms with Crippen LogP contribution in [0.15, 0.2) is 6.20 Å². The lowest BCUT2D eigenvalue weighted by molar-refractivity contribution is 0.180. The number of methoxy groups -OCH3 is 1. The molecule has 14 heavy (non-hydrogen) atoms. The first-order valence-electron chi connectivity index (χ1n) is 4.79. The van der Waals surface area contributed by atoms with Crippen LogP contribution in [0.25, 0.3) is 0 Å². The maximum Gasteiger partial charge on any atom is 0.0626 e. The second kappa shape index (κ2) is 5.11. The van der Waals surface area contributed by atoms with Crippen LogP contribution in [0.3, 0.4) is 0 Å². The van der Waals surface area contributed by atoms with Gasteiger partial charge in [-0.2, -0.15) is 5.10 Å². The summed E-state index contributed by atoms with van der Waals surface area (Å²) in [5, 5.41) is 4.37. The topological polar surface area (TPSA) is 27.1 Å². The fourth-order valence-corrected chi connectivity index (χ4v) is 2.46. The van der Waals surface area contributed by atoms with E-state index in [1.165, 1.54) is 9.26 Å². The minimum atomic E-state index is 0.400. The summed E-state index contributed by atoms with van der Waals surface area (Å²) in [6.45, 7) is 7.20. The first-order valence-corrected chi connectivity index (χ1v) is 5.87. The maximum atomic E-state index is 5.17. The lowest BCUT2D eigenvalue weighted by atomic mass is 10.1. The van der Waals surface area contributed by atoms with Crippen LogP contribution in [0.2, 0.25) is 0 Å². The monoisotopic (exact) mass is 308 g/mol. The molecular formula is C10H17IN2O. The maximum absolute atomic E-state index is 5.17. The van der Waals surface area contributed by atoms with Crippen LogP contribution in [0.5, 0.6) is 0 Å². The van der Waals surface area contributed by atoms with E-state index in [1.54, 1.807) is 7.11 Å². The van der Waals surface area contributed by atoms with Gasteiger partial charge in [0, 0.05) is 19.1 Å². The van der Waals surface area contributed by atoms with Gasteiger partial charge in [0.15, 0.2) is 0 Å². The molecule has 0 spiro atoms. The molecule has 1 heterocycles. The van der Waals surface area contributed by atoms with E-state index >= 15 is 0 Å². The van der Waals surface area contributed by atoms with Crippen molar-refractivity contribution in [3.63, 3.8) is 0 Å². The summed E-state index contributed by atoms with van der Waals surface area (Å²) >= 11 is 2.33. The Labute approximate surface area is 99.0 Å². The van der Waals surface area contributed by atoms with E-state index in [1.807, 2.05) is 6.20 Å².